The molecule has 0 atom stereocenters. The number of hydrogen-bond donors (Lipinski definition) is 0. The van der Waals surface area contributed by atoms with E-state index in [1.165, 1.54) is 13.0 Å². The SMILES string of the molecule is CC(=O)c1ccc(Cl)cc1.O=c1cc(-c2ccccc2)oc2ccccc12. The average molecular weight is 377 g/mol. The minimum atomic E-state index is -0.00861. The summed E-state index contributed by atoms with van der Waals surface area (Å²) < 4.78 is 5.73. The normalized spacial score (nSPS) is 10.1. The van der Waals surface area contributed by atoms with Gasteiger partial charge in [0.2, 0.25) is 0 Å². The van der Waals surface area contributed by atoms with Gasteiger partial charge in [-0.1, -0.05) is 54.1 Å². The number of ketones is 1. The van der Waals surface area contributed by atoms with Gasteiger partial charge in [0, 0.05) is 22.2 Å². The zero-order chi connectivity index (χ0) is 19.2. The Hall–Kier alpha value is -3.17. The molecule has 0 saturated carbocycles. The van der Waals surface area contributed by atoms with Crippen LogP contribution in [0.5, 0.6) is 0 Å². The second-order valence-corrected chi connectivity index (χ2v) is 6.34. The first kappa shape index (κ1) is 18.6. The van der Waals surface area contributed by atoms with Gasteiger partial charge in [-0.15, -0.1) is 0 Å². The fraction of sp³-hybridized carbons (Fsp3) is 0.0435. The Balaban J connectivity index is 0.000000180. The van der Waals surface area contributed by atoms with Crippen LogP contribution >= 0.6 is 11.6 Å². The minimum Gasteiger partial charge on any atom is -0.456 e. The third-order valence-electron chi connectivity index (χ3n) is 3.94. The summed E-state index contributed by atoms with van der Waals surface area (Å²) in [4.78, 5) is 22.6. The van der Waals surface area contributed by atoms with Crippen LogP contribution in [0.2, 0.25) is 5.02 Å². The zero-order valence-corrected chi connectivity index (χ0v) is 15.4. The van der Waals surface area contributed by atoms with E-state index in [-0.39, 0.29) is 11.2 Å². The predicted molar refractivity (Wildman–Crippen MR) is 109 cm³/mol. The van der Waals surface area contributed by atoms with Crippen LogP contribution in [0.25, 0.3) is 22.3 Å². The minimum absolute atomic E-state index is 0.00861. The molecule has 3 aromatic carbocycles. The molecule has 0 amide bonds. The fourth-order valence-corrected chi connectivity index (χ4v) is 2.66. The van der Waals surface area contributed by atoms with Crippen molar-refractivity contribution in [3.8, 4) is 11.3 Å². The van der Waals surface area contributed by atoms with Gasteiger partial charge in [0.1, 0.15) is 11.3 Å². The van der Waals surface area contributed by atoms with Gasteiger partial charge in [0.05, 0.1) is 5.39 Å². The van der Waals surface area contributed by atoms with Crippen molar-refractivity contribution in [3.05, 3.63) is 106 Å². The molecule has 0 unspecified atom stereocenters. The van der Waals surface area contributed by atoms with Crippen molar-refractivity contribution < 1.29 is 9.21 Å². The lowest BCUT2D eigenvalue weighted by Gasteiger charge is -2.02. The van der Waals surface area contributed by atoms with Crippen molar-refractivity contribution in [2.75, 3.05) is 0 Å². The summed E-state index contributed by atoms with van der Waals surface area (Å²) in [7, 11) is 0. The summed E-state index contributed by atoms with van der Waals surface area (Å²) in [6, 6.07) is 25.3. The highest BCUT2D eigenvalue weighted by Gasteiger charge is 2.05. The van der Waals surface area contributed by atoms with Crippen LogP contribution in [0.15, 0.2) is 94.1 Å². The molecule has 0 spiro atoms. The quantitative estimate of drug-likeness (QED) is 0.403. The number of benzene rings is 3. The Morgan fingerprint density at radius 3 is 2.15 bits per heavy atom. The maximum atomic E-state index is 11.9. The number of halogens is 1. The number of carbonyl (C=O) groups excluding carboxylic acids is 1. The molecule has 0 radical (unpaired) electrons. The van der Waals surface area contributed by atoms with Gasteiger partial charge in [-0.2, -0.15) is 0 Å². The number of hydrogen-bond acceptors (Lipinski definition) is 3. The third kappa shape index (κ3) is 4.72. The van der Waals surface area contributed by atoms with Crippen LogP contribution in [-0.4, -0.2) is 5.78 Å². The lowest BCUT2D eigenvalue weighted by Crippen LogP contribution is -1.99. The summed E-state index contributed by atoms with van der Waals surface area (Å²) in [5.74, 6) is 0.672. The molecule has 0 fully saturated rings. The van der Waals surface area contributed by atoms with Gasteiger partial charge in [0.25, 0.3) is 0 Å². The molecule has 0 aliphatic carbocycles. The van der Waals surface area contributed by atoms with Crippen LogP contribution < -0.4 is 5.43 Å². The fourth-order valence-electron chi connectivity index (χ4n) is 2.53. The molecular weight excluding hydrogens is 360 g/mol. The summed E-state index contributed by atoms with van der Waals surface area (Å²) >= 11 is 5.61. The molecule has 134 valence electrons. The molecule has 3 nitrogen and oxygen atoms in total. The van der Waals surface area contributed by atoms with Crippen molar-refractivity contribution in [3.63, 3.8) is 0 Å². The van der Waals surface area contributed by atoms with Crippen LogP contribution in [0.1, 0.15) is 17.3 Å². The Bertz CT molecular complexity index is 1110. The number of para-hydroxylation sites is 1. The van der Waals surface area contributed by atoms with Crippen molar-refractivity contribution >= 4 is 28.4 Å². The van der Waals surface area contributed by atoms with E-state index in [1.807, 2.05) is 48.5 Å². The van der Waals surface area contributed by atoms with Gasteiger partial charge in [0.15, 0.2) is 11.2 Å². The Morgan fingerprint density at radius 1 is 0.852 bits per heavy atom. The van der Waals surface area contributed by atoms with Gasteiger partial charge in [-0.3, -0.25) is 9.59 Å². The first-order valence-electron chi connectivity index (χ1n) is 8.39. The van der Waals surface area contributed by atoms with Crippen molar-refractivity contribution in [2.24, 2.45) is 0 Å². The highest BCUT2D eigenvalue weighted by molar-refractivity contribution is 6.30. The van der Waals surface area contributed by atoms with E-state index in [9.17, 15) is 9.59 Å². The molecule has 0 aliphatic rings. The predicted octanol–water partition coefficient (Wildman–Crippen LogP) is 6.00. The third-order valence-corrected chi connectivity index (χ3v) is 4.20. The van der Waals surface area contributed by atoms with E-state index < -0.39 is 0 Å². The molecule has 1 heterocycles. The zero-order valence-electron chi connectivity index (χ0n) is 14.7. The monoisotopic (exact) mass is 376 g/mol. The highest BCUT2D eigenvalue weighted by atomic mass is 35.5. The maximum Gasteiger partial charge on any atom is 0.193 e. The van der Waals surface area contributed by atoms with Gasteiger partial charge < -0.3 is 4.42 Å². The van der Waals surface area contributed by atoms with Crippen molar-refractivity contribution in [2.45, 2.75) is 6.92 Å². The van der Waals surface area contributed by atoms with E-state index in [4.69, 9.17) is 16.0 Å². The second kappa shape index (κ2) is 8.47. The molecule has 0 saturated heterocycles. The van der Waals surface area contributed by atoms with Crippen molar-refractivity contribution in [1.82, 2.24) is 0 Å². The lowest BCUT2D eigenvalue weighted by atomic mass is 10.1. The van der Waals surface area contributed by atoms with E-state index in [0.717, 1.165) is 5.56 Å². The van der Waals surface area contributed by atoms with Crippen LogP contribution in [-0.2, 0) is 0 Å². The van der Waals surface area contributed by atoms with E-state index in [0.29, 0.717) is 27.3 Å². The summed E-state index contributed by atoms with van der Waals surface area (Å²) in [5, 5.41) is 1.28. The maximum absolute atomic E-state index is 11.9. The van der Waals surface area contributed by atoms with E-state index in [2.05, 4.69) is 0 Å². The largest absolute Gasteiger partial charge is 0.456 e. The van der Waals surface area contributed by atoms with Crippen LogP contribution in [0.4, 0.5) is 0 Å². The van der Waals surface area contributed by atoms with E-state index >= 15 is 0 Å². The number of carbonyl (C=O) groups is 1. The lowest BCUT2D eigenvalue weighted by molar-refractivity contribution is 0.101. The molecular formula is C23H17ClO3. The first-order chi connectivity index (χ1) is 13.0. The topological polar surface area (TPSA) is 47.3 Å². The molecule has 0 bridgehead atoms. The van der Waals surface area contributed by atoms with Crippen LogP contribution in [0, 0.1) is 0 Å². The molecule has 4 aromatic rings. The standard InChI is InChI=1S/C15H10O2.C8H7ClO/c16-13-10-15(11-6-2-1-3-7-11)17-14-9-5-4-8-12(13)14;1-6(10)7-2-4-8(9)5-3-7/h1-10H;2-5H,1H3. The number of Topliss-reactive ketones (excluding diaryl/α,β-unsaturated/α-hetero) is 1. The van der Waals surface area contributed by atoms with Crippen LogP contribution in [0.3, 0.4) is 0 Å². The first-order valence-corrected chi connectivity index (χ1v) is 8.77. The van der Waals surface area contributed by atoms with Gasteiger partial charge in [-0.25, -0.2) is 0 Å². The van der Waals surface area contributed by atoms with Gasteiger partial charge >= 0.3 is 0 Å². The summed E-state index contributed by atoms with van der Waals surface area (Å²) in [6.07, 6.45) is 0. The summed E-state index contributed by atoms with van der Waals surface area (Å²) in [6.45, 7) is 1.53. The van der Waals surface area contributed by atoms with E-state index in [1.54, 1.807) is 30.3 Å². The smallest absolute Gasteiger partial charge is 0.193 e. The Labute approximate surface area is 161 Å². The molecule has 4 rings (SSSR count). The van der Waals surface area contributed by atoms with Crippen molar-refractivity contribution in [1.29, 1.82) is 0 Å². The second-order valence-electron chi connectivity index (χ2n) is 5.90. The summed E-state index contributed by atoms with van der Waals surface area (Å²) in [5.41, 5.74) is 2.23. The molecule has 4 heteroatoms. The molecule has 27 heavy (non-hydrogen) atoms. The molecule has 0 aliphatic heterocycles. The molecule has 1 aromatic heterocycles. The number of fused-ring (bicyclic) bond motifs is 1. The highest BCUT2D eigenvalue weighted by Crippen LogP contribution is 2.21. The Kier molecular flexibility index (Phi) is 5.84. The van der Waals surface area contributed by atoms with Gasteiger partial charge in [-0.05, 0) is 43.3 Å². The Morgan fingerprint density at radius 2 is 1.48 bits per heavy atom. The average Bonchev–Trinajstić information content (AvgIpc) is 2.69. The number of rotatable bonds is 2. The molecule has 0 N–H and O–H groups in total.